The highest BCUT2D eigenvalue weighted by atomic mass is 35.6. The SMILES string of the molecule is O=C(n1cncn1)n1nc(C(Cl)(Cl)C(Cl)(Cl)Cl)nc1C(Cl)(Cl)Cl. The second-order valence-corrected chi connectivity index (χ2v) is 9.75. The Morgan fingerprint density at radius 3 is 2.09 bits per heavy atom. The normalized spacial score (nSPS) is 13.4. The second kappa shape index (κ2) is 6.53. The summed E-state index contributed by atoms with van der Waals surface area (Å²) in [7, 11) is 0. The van der Waals surface area contributed by atoms with E-state index in [2.05, 4.69) is 20.2 Å². The Hall–Kier alpha value is 0.270. The molecule has 23 heavy (non-hydrogen) atoms. The molecular weight excluding hydrogens is 480 g/mol. The zero-order valence-electron chi connectivity index (χ0n) is 10.3. The van der Waals surface area contributed by atoms with E-state index in [-0.39, 0.29) is 0 Å². The number of rotatable bonds is 1. The van der Waals surface area contributed by atoms with E-state index in [9.17, 15) is 4.79 Å². The molecule has 0 aliphatic rings. The predicted molar refractivity (Wildman–Crippen MR) is 89.1 cm³/mol. The largest absolute Gasteiger partial charge is 0.372 e. The summed E-state index contributed by atoms with van der Waals surface area (Å²) in [6, 6.07) is -0.879. The number of carbonyl (C=O) groups excluding carboxylic acids is 1. The first kappa shape index (κ1) is 19.6. The number of hydrogen-bond acceptors (Lipinski definition) is 5. The Morgan fingerprint density at radius 1 is 1.04 bits per heavy atom. The molecule has 2 aromatic heterocycles. The van der Waals surface area contributed by atoms with Crippen molar-refractivity contribution in [3.63, 3.8) is 0 Å². The summed E-state index contributed by atoms with van der Waals surface area (Å²) in [5.74, 6) is -0.895. The summed E-state index contributed by atoms with van der Waals surface area (Å²) in [6.07, 6.45) is 2.20. The highest BCUT2D eigenvalue weighted by Crippen LogP contribution is 2.52. The van der Waals surface area contributed by atoms with Gasteiger partial charge in [-0.15, -0.1) is 5.10 Å². The van der Waals surface area contributed by atoms with Crippen LogP contribution in [0.2, 0.25) is 0 Å². The maximum atomic E-state index is 12.3. The van der Waals surface area contributed by atoms with Crippen LogP contribution in [0.1, 0.15) is 11.6 Å². The lowest BCUT2D eigenvalue weighted by Crippen LogP contribution is -2.30. The van der Waals surface area contributed by atoms with Gasteiger partial charge in [-0.3, -0.25) is 0 Å². The highest BCUT2D eigenvalue weighted by molar-refractivity contribution is 6.75. The monoisotopic (exact) mass is 478 g/mol. The predicted octanol–water partition coefficient (Wildman–Crippen LogP) is 4.21. The van der Waals surface area contributed by atoms with Gasteiger partial charge >= 0.3 is 6.03 Å². The number of hydrogen-bond donors (Lipinski definition) is 0. The molecule has 2 aromatic rings. The molecule has 0 bridgehead atoms. The summed E-state index contributed by atoms with van der Waals surface area (Å²) in [5, 5.41) is 7.40. The summed E-state index contributed by atoms with van der Waals surface area (Å²) >= 11 is 46.3. The van der Waals surface area contributed by atoms with Crippen molar-refractivity contribution in [1.82, 2.24) is 29.5 Å². The van der Waals surface area contributed by atoms with Crippen molar-refractivity contribution in [2.45, 2.75) is 11.9 Å². The Kier molecular flexibility index (Phi) is 5.57. The Bertz CT molecular complexity index is 714. The van der Waals surface area contributed by atoms with Crippen LogP contribution in [0.25, 0.3) is 0 Å². The molecule has 0 atom stereocenters. The summed E-state index contributed by atoms with van der Waals surface area (Å²) in [5.41, 5.74) is 0. The van der Waals surface area contributed by atoms with Gasteiger partial charge in [-0.1, -0.05) is 92.8 Å². The molecule has 0 aromatic carbocycles. The molecule has 0 aliphatic carbocycles. The number of alkyl halides is 8. The fourth-order valence-corrected chi connectivity index (χ4v) is 2.07. The van der Waals surface area contributed by atoms with Crippen LogP contribution in [0.4, 0.5) is 4.79 Å². The van der Waals surface area contributed by atoms with Crippen molar-refractivity contribution in [2.75, 3.05) is 0 Å². The van der Waals surface area contributed by atoms with E-state index < -0.39 is 29.6 Å². The van der Waals surface area contributed by atoms with Gasteiger partial charge in [0.15, 0.2) is 11.6 Å². The van der Waals surface area contributed by atoms with Gasteiger partial charge in [0.2, 0.25) is 11.9 Å². The fraction of sp³-hybridized carbons (Fsp3) is 0.375. The molecule has 0 radical (unpaired) electrons. The van der Waals surface area contributed by atoms with Crippen LogP contribution in [0.3, 0.4) is 0 Å². The van der Waals surface area contributed by atoms with E-state index in [0.717, 1.165) is 17.3 Å². The average molecular weight is 482 g/mol. The van der Waals surface area contributed by atoms with E-state index in [1.54, 1.807) is 0 Å². The molecule has 2 heterocycles. The fourth-order valence-electron chi connectivity index (χ4n) is 1.29. The van der Waals surface area contributed by atoms with Crippen LogP contribution in [0.5, 0.6) is 0 Å². The average Bonchev–Trinajstić information content (AvgIpc) is 3.05. The molecule has 0 saturated heterocycles. The van der Waals surface area contributed by atoms with Crippen LogP contribution in [0.15, 0.2) is 12.7 Å². The third kappa shape index (κ3) is 3.93. The van der Waals surface area contributed by atoms with E-state index in [4.69, 9.17) is 92.8 Å². The molecule has 0 aliphatic heterocycles. The molecule has 126 valence electrons. The molecular formula is C8H2Cl8N6O. The van der Waals surface area contributed by atoms with Crippen LogP contribution < -0.4 is 0 Å². The first-order valence-corrected chi connectivity index (χ1v) is 8.26. The quantitative estimate of drug-likeness (QED) is 0.570. The van der Waals surface area contributed by atoms with Crippen LogP contribution >= 0.6 is 92.8 Å². The van der Waals surface area contributed by atoms with Gasteiger partial charge in [-0.25, -0.2) is 14.8 Å². The van der Waals surface area contributed by atoms with E-state index >= 15 is 0 Å². The van der Waals surface area contributed by atoms with Gasteiger partial charge in [0.25, 0.3) is 0 Å². The van der Waals surface area contributed by atoms with Crippen LogP contribution in [0, 0.1) is 0 Å². The lowest BCUT2D eigenvalue weighted by molar-refractivity contribution is 0.237. The molecule has 0 spiro atoms. The van der Waals surface area contributed by atoms with Crippen molar-refractivity contribution in [3.8, 4) is 0 Å². The lowest BCUT2D eigenvalue weighted by Gasteiger charge is -2.23. The van der Waals surface area contributed by atoms with Crippen molar-refractivity contribution >= 4 is 98.8 Å². The molecule has 0 N–H and O–H groups in total. The second-order valence-electron chi connectivity index (χ2n) is 3.86. The Balaban J connectivity index is 2.61. The van der Waals surface area contributed by atoms with Gasteiger partial charge in [-0.2, -0.15) is 14.5 Å². The van der Waals surface area contributed by atoms with E-state index in [1.807, 2.05) is 0 Å². The maximum absolute atomic E-state index is 12.3. The minimum absolute atomic E-state index is 0.432. The molecule has 15 heteroatoms. The molecule has 0 fully saturated rings. The first-order valence-electron chi connectivity index (χ1n) is 5.24. The van der Waals surface area contributed by atoms with Crippen molar-refractivity contribution in [2.24, 2.45) is 0 Å². The summed E-state index contributed by atoms with van der Waals surface area (Å²) < 4.78 is -5.20. The smallest absolute Gasteiger partial charge is 0.243 e. The molecule has 0 amide bonds. The Morgan fingerprint density at radius 2 is 1.65 bits per heavy atom. The van der Waals surface area contributed by atoms with Gasteiger partial charge in [-0.05, 0) is 0 Å². The minimum Gasteiger partial charge on any atom is -0.243 e. The van der Waals surface area contributed by atoms with Crippen molar-refractivity contribution < 1.29 is 4.79 Å². The Labute approximate surface area is 168 Å². The molecule has 2 rings (SSSR count). The number of nitrogens with zero attached hydrogens (tertiary/aromatic N) is 6. The number of aromatic nitrogens is 6. The number of halogens is 8. The summed E-state index contributed by atoms with van der Waals surface area (Å²) in [4.78, 5) is 19.7. The van der Waals surface area contributed by atoms with Gasteiger partial charge in [0.05, 0.1) is 0 Å². The lowest BCUT2D eigenvalue weighted by atomic mass is 10.4. The van der Waals surface area contributed by atoms with Crippen molar-refractivity contribution in [1.29, 1.82) is 0 Å². The standard InChI is InChI=1S/C8H2Cl8N6O/c9-6(10,8(14,15)16)3-19-4(7(11,12)13)22(20-3)5(23)21-2-17-1-18-21/h1-2H. The van der Waals surface area contributed by atoms with Crippen LogP contribution in [-0.2, 0) is 8.13 Å². The zero-order chi connectivity index (χ0) is 17.6. The van der Waals surface area contributed by atoms with Gasteiger partial charge < -0.3 is 0 Å². The third-order valence-electron chi connectivity index (χ3n) is 2.29. The molecule has 7 nitrogen and oxygen atoms in total. The van der Waals surface area contributed by atoms with Gasteiger partial charge in [0, 0.05) is 0 Å². The first-order chi connectivity index (χ1) is 10.4. The summed E-state index contributed by atoms with van der Waals surface area (Å²) in [6.45, 7) is 0. The molecule has 0 unspecified atom stereocenters. The highest BCUT2D eigenvalue weighted by Gasteiger charge is 2.52. The van der Waals surface area contributed by atoms with E-state index in [1.165, 1.54) is 0 Å². The minimum atomic E-state index is -2.23. The zero-order valence-corrected chi connectivity index (χ0v) is 16.3. The van der Waals surface area contributed by atoms with Gasteiger partial charge in [0.1, 0.15) is 12.7 Å². The maximum Gasteiger partial charge on any atom is 0.372 e. The van der Waals surface area contributed by atoms with E-state index in [0.29, 0.717) is 4.68 Å². The van der Waals surface area contributed by atoms with Crippen LogP contribution in [-0.4, -0.2) is 39.4 Å². The topological polar surface area (TPSA) is 78.5 Å². The molecule has 0 saturated carbocycles. The van der Waals surface area contributed by atoms with Crippen molar-refractivity contribution in [3.05, 3.63) is 24.3 Å². The number of carbonyl (C=O) groups is 1. The third-order valence-corrected chi connectivity index (χ3v) is 5.14.